The van der Waals surface area contributed by atoms with Gasteiger partial charge in [0.1, 0.15) is 22.3 Å². The molecule has 10 heterocycles. The number of ether oxygens (including phenoxy) is 1. The van der Waals surface area contributed by atoms with E-state index in [4.69, 9.17) is 32.7 Å². The van der Waals surface area contributed by atoms with Crippen molar-refractivity contribution in [3.63, 3.8) is 0 Å². The number of carbonyl (C=O) groups excluding carboxylic acids is 6. The van der Waals surface area contributed by atoms with Crippen LogP contribution in [0.1, 0.15) is 158 Å². The number of anilines is 8. The highest BCUT2D eigenvalue weighted by molar-refractivity contribution is 6.00. The van der Waals surface area contributed by atoms with Crippen molar-refractivity contribution in [2.45, 2.75) is 116 Å². The number of aryl methyl sites for hydroxylation is 8. The van der Waals surface area contributed by atoms with Crippen LogP contribution in [0, 0.1) is 0 Å². The van der Waals surface area contributed by atoms with E-state index in [2.05, 4.69) is 153 Å². The lowest BCUT2D eigenvalue weighted by molar-refractivity contribution is -0.127. The van der Waals surface area contributed by atoms with Crippen molar-refractivity contribution >= 4 is 126 Å². The number of morpholine rings is 1. The number of primary amides is 4. The molecule has 6 amide bonds. The number of rotatable bonds is 24. The number of hydrogen-bond acceptors (Lipinski definition) is 25. The van der Waals surface area contributed by atoms with Gasteiger partial charge in [-0.25, -0.2) is 19.9 Å². The van der Waals surface area contributed by atoms with Crippen LogP contribution in [0.5, 0.6) is 0 Å². The Labute approximate surface area is 838 Å². The number of benzene rings is 8. The van der Waals surface area contributed by atoms with Crippen molar-refractivity contribution in [1.29, 1.82) is 0 Å². The first-order valence-electron chi connectivity index (χ1n) is 49.0. The Kier molecular flexibility index (Phi) is 28.7. The molecule has 2 saturated heterocycles. The van der Waals surface area contributed by atoms with E-state index in [1.807, 2.05) is 78.9 Å². The summed E-state index contributed by atoms with van der Waals surface area (Å²) in [5, 5.41) is 13.7. The monoisotopic (exact) mass is 1950 g/mol. The Morgan fingerprint density at radius 3 is 1.05 bits per heavy atom. The Balaban J connectivity index is 0.000000123. The van der Waals surface area contributed by atoms with E-state index in [0.29, 0.717) is 84.4 Å². The van der Waals surface area contributed by atoms with Crippen molar-refractivity contribution in [3.05, 3.63) is 349 Å². The van der Waals surface area contributed by atoms with Gasteiger partial charge in [0.25, 0.3) is 29.5 Å². The molecule has 35 heteroatoms. The molecule has 2 aliphatic heterocycles. The van der Waals surface area contributed by atoms with E-state index in [1.54, 1.807) is 60.4 Å². The summed E-state index contributed by atoms with van der Waals surface area (Å²) in [4.78, 5) is 169. The molecule has 146 heavy (non-hydrogen) atoms. The third-order valence-corrected chi connectivity index (χ3v) is 27.3. The summed E-state index contributed by atoms with van der Waals surface area (Å²) in [6.45, 7) is 6.39. The average Bonchev–Trinajstić information content (AvgIpc) is 1.08. The Hall–Kier alpha value is -17.2. The summed E-state index contributed by atoms with van der Waals surface area (Å²) >= 11 is 0. The number of aromatic nitrogens is 12. The number of likely N-dealkylation sites (N-methyl/N-ethyl adjacent to an activating group) is 2. The summed E-state index contributed by atoms with van der Waals surface area (Å²) in [5.41, 5.74) is 41.8. The number of carbonyl (C=O) groups is 6. The fraction of sp³-hybridized carbons (Fsp3) is 0.261. The van der Waals surface area contributed by atoms with Crippen molar-refractivity contribution in [1.82, 2.24) is 77.7 Å². The smallest absolute Gasteiger partial charge is 0.254 e. The van der Waals surface area contributed by atoms with E-state index in [0.717, 1.165) is 155 Å². The predicted octanol–water partition coefficient (Wildman–Crippen LogP) is 12.6. The number of nitrogens with two attached hydrogens (primary N) is 4. The van der Waals surface area contributed by atoms with Gasteiger partial charge in [-0.3, -0.25) is 52.8 Å². The zero-order valence-corrected chi connectivity index (χ0v) is 81.4. The summed E-state index contributed by atoms with van der Waals surface area (Å²) in [6, 6.07) is 55.5. The van der Waals surface area contributed by atoms with Crippen LogP contribution in [-0.2, 0) is 80.3 Å². The van der Waals surface area contributed by atoms with Gasteiger partial charge in [-0.2, -0.15) is 19.9 Å². The number of fused-ring (bicyclic) bond motifs is 8. The SMILES string of the molecule is CN(C)C(=O)Cc1ccc(Nc2ncc3c(=O)c(C(N)=O)cn(-c4ccc5c(c4)CCC5)c3n2)cc1.CN(C)CCc1cccc(Nc2ncc3c(=O)c(C(N)=O)cn(-c4ccc5c(c4)CCC5)c3n2)c1.NC(=O)c1cn(-c2ccc3c(c2)CCC3)c2nc(Nc3ccc(CN4CCCCC4)cc3)ncc2c1=O.NC(=O)c1cn(-c2ccc3c(c2)CCC3)c2nc(Nc3cccc(C(=O)N4CCOCC4)c3)ncc2c1=O. The molecule has 4 aliphatic carbocycles. The van der Waals surface area contributed by atoms with Crippen LogP contribution in [0.25, 0.3) is 66.9 Å². The quantitative estimate of drug-likeness (QED) is 0.0278. The third kappa shape index (κ3) is 21.7. The maximum atomic E-state index is 13.0. The van der Waals surface area contributed by atoms with E-state index in [-0.39, 0.29) is 61.6 Å². The number of piperidine rings is 1. The van der Waals surface area contributed by atoms with Crippen molar-refractivity contribution in [2.75, 3.05) is 95.4 Å². The molecule has 0 bridgehead atoms. The van der Waals surface area contributed by atoms with Gasteiger partial charge in [0, 0.05) is 141 Å². The van der Waals surface area contributed by atoms with Gasteiger partial charge >= 0.3 is 0 Å². The van der Waals surface area contributed by atoms with Gasteiger partial charge in [-0.15, -0.1) is 0 Å². The molecule has 0 spiro atoms. The Morgan fingerprint density at radius 2 is 0.699 bits per heavy atom. The van der Waals surface area contributed by atoms with Crippen LogP contribution in [-0.4, -0.2) is 187 Å². The molecule has 8 aromatic heterocycles. The maximum absolute atomic E-state index is 13.0. The highest BCUT2D eigenvalue weighted by Crippen LogP contribution is 2.34. The number of amides is 6. The topological polar surface area (TPSA) is 468 Å². The first kappa shape index (κ1) is 97.6. The normalized spacial score (nSPS) is 13.9. The first-order chi connectivity index (χ1) is 70.7. The molecule has 22 rings (SSSR count). The van der Waals surface area contributed by atoms with Gasteiger partial charge in [0.15, 0.2) is 22.6 Å². The molecule has 740 valence electrons. The first-order valence-corrected chi connectivity index (χ1v) is 49.0. The fourth-order valence-corrected chi connectivity index (χ4v) is 19.5. The third-order valence-electron chi connectivity index (χ3n) is 27.3. The molecular weight excluding hydrogens is 1850 g/mol. The molecule has 0 unspecified atom stereocenters. The van der Waals surface area contributed by atoms with Crippen molar-refractivity contribution in [2.24, 2.45) is 22.9 Å². The van der Waals surface area contributed by atoms with Gasteiger partial charge in [-0.1, -0.05) is 73.2 Å². The lowest BCUT2D eigenvalue weighted by Crippen LogP contribution is -2.40. The predicted molar refractivity (Wildman–Crippen MR) is 562 cm³/mol. The van der Waals surface area contributed by atoms with Gasteiger partial charge in [-0.05, 0) is 288 Å². The van der Waals surface area contributed by atoms with Gasteiger partial charge in [0.05, 0.1) is 41.2 Å². The molecule has 6 aliphatic rings. The molecule has 2 fully saturated rings. The van der Waals surface area contributed by atoms with Crippen LogP contribution in [0.4, 0.5) is 46.5 Å². The van der Waals surface area contributed by atoms with Crippen molar-refractivity contribution in [3.8, 4) is 22.7 Å². The van der Waals surface area contributed by atoms with E-state index < -0.39 is 45.3 Å². The number of pyridine rings is 4. The highest BCUT2D eigenvalue weighted by atomic mass is 16.5. The lowest BCUT2D eigenvalue weighted by Gasteiger charge is -2.27. The largest absolute Gasteiger partial charge is 0.378 e. The lowest BCUT2D eigenvalue weighted by atomic mass is 10.1. The highest BCUT2D eigenvalue weighted by Gasteiger charge is 2.28. The minimum Gasteiger partial charge on any atom is -0.378 e. The molecule has 8 aromatic carbocycles. The van der Waals surface area contributed by atoms with E-state index in [1.165, 1.54) is 124 Å². The maximum Gasteiger partial charge on any atom is 0.254 e. The van der Waals surface area contributed by atoms with Crippen LogP contribution in [0.15, 0.2) is 239 Å². The number of nitrogens with one attached hydrogen (secondary N) is 4. The Morgan fingerprint density at radius 1 is 0.356 bits per heavy atom. The summed E-state index contributed by atoms with van der Waals surface area (Å²) in [5.74, 6) is -1.93. The zero-order valence-electron chi connectivity index (χ0n) is 81.4. The second-order valence-electron chi connectivity index (χ2n) is 37.8. The minimum atomic E-state index is -0.809. The van der Waals surface area contributed by atoms with Crippen LogP contribution in [0.2, 0.25) is 0 Å². The summed E-state index contributed by atoms with van der Waals surface area (Å²) in [6.07, 6.45) is 29.4. The zero-order chi connectivity index (χ0) is 102. The summed E-state index contributed by atoms with van der Waals surface area (Å²) in [7, 11) is 7.55. The van der Waals surface area contributed by atoms with Crippen LogP contribution in [0.3, 0.4) is 0 Å². The van der Waals surface area contributed by atoms with Crippen LogP contribution < -0.4 is 65.9 Å². The van der Waals surface area contributed by atoms with Gasteiger partial charge < -0.3 is 81.9 Å². The Bertz CT molecular complexity index is 8110. The number of hydrogen-bond donors (Lipinski definition) is 8. The second-order valence-corrected chi connectivity index (χ2v) is 37.8. The number of nitrogens with zero attached hydrogens (tertiary/aromatic N) is 16. The van der Waals surface area contributed by atoms with Crippen molar-refractivity contribution < 1.29 is 33.5 Å². The molecule has 0 atom stereocenters. The van der Waals surface area contributed by atoms with Crippen LogP contribution >= 0.6 is 0 Å². The van der Waals surface area contributed by atoms with E-state index in [9.17, 15) is 47.9 Å². The second kappa shape index (κ2) is 42.9. The average molecular weight is 1960 g/mol. The molecule has 0 radical (unpaired) electrons. The molecule has 12 N–H and O–H groups in total. The molecular formula is C111H110N24O11. The summed E-state index contributed by atoms with van der Waals surface area (Å²) < 4.78 is 12.3. The van der Waals surface area contributed by atoms with Gasteiger partial charge in [0.2, 0.25) is 51.4 Å². The number of likely N-dealkylation sites (tertiary alicyclic amines) is 1. The molecule has 16 aromatic rings. The standard InChI is InChI=1S/C29H30N6O2.C28H26N6O4.C27H26N6O3.C27H28N6O2/c30-27(37)25-18-35(23-12-9-20-5-4-6-21(20)15-23)28-24(26(25)36)16-31-29(33-28)32-22-10-7-19(8-11-22)17-34-13-2-1-3-14-34;29-25(36)23-16-34(21-8-7-17-3-1-4-18(17)14-21)26-22(24(23)35)15-30-28(32-26)31-20-6-2-5-19(13-20)27(37)33-9-11-38-12-10-33;1-32(2)23(34)12-16-6-9-19(10-7-16)30-27-29-14-21-24(35)22(25(28)36)15-33(26(21)31-27)20-11-8-17-4-3-5-18(17)13-20;1-32(2)12-11-17-5-3-8-20(13-17)30-27-29-15-22-24(34)23(25(28)35)16-33(26(22)31-27)21-10-9-18-6-4-7-19(18)14-21/h7-12,15-16,18H,1-6,13-14,17H2,(H2,30,37)(H,31,32,33);2,5-8,13-16H,1,3-4,9-12H2,(H2,29,36)(H,30,31,32);6-11,13-15H,3-5,12H2,1-2H3,(H2,28,36)(H,29,30,31);3,5,8-10,13-16H,4,6-7,11-12H2,1-2H3,(H2,28,35)(H,29,30,31). The minimum absolute atomic E-state index is 0.0217. The van der Waals surface area contributed by atoms with E-state index >= 15 is 0 Å². The molecule has 0 saturated carbocycles. The fourth-order valence-electron chi connectivity index (χ4n) is 19.5. The molecule has 35 nitrogen and oxygen atoms in total.